The third-order valence-corrected chi connectivity index (χ3v) is 4.14. The molecule has 1 heterocycles. The van der Waals surface area contributed by atoms with Crippen molar-refractivity contribution in [2.24, 2.45) is 5.92 Å². The van der Waals surface area contributed by atoms with Crippen LogP contribution in [0.1, 0.15) is 32.3 Å². The molecule has 1 N–H and O–H groups in total. The molecule has 1 aliphatic heterocycles. The number of nitrogens with one attached hydrogen (secondary N) is 1. The molecule has 0 aromatic heterocycles. The highest BCUT2D eigenvalue weighted by Gasteiger charge is 2.35. The first-order valence-electron chi connectivity index (χ1n) is 7.44. The van der Waals surface area contributed by atoms with Crippen molar-refractivity contribution in [1.29, 1.82) is 0 Å². The van der Waals surface area contributed by atoms with Crippen molar-refractivity contribution in [3.63, 3.8) is 0 Å². The first-order chi connectivity index (χ1) is 10.4. The summed E-state index contributed by atoms with van der Waals surface area (Å²) in [6, 6.07) is 3.94. The second-order valence-corrected chi connectivity index (χ2v) is 5.64. The molecule has 0 saturated carbocycles. The summed E-state index contributed by atoms with van der Waals surface area (Å²) in [5, 5.41) is 2.58. The lowest BCUT2D eigenvalue weighted by molar-refractivity contribution is -0.130. The molecule has 2 rings (SSSR count). The highest BCUT2D eigenvalue weighted by atomic mass is 19.2. The third-order valence-electron chi connectivity index (χ3n) is 4.14. The molecule has 2 unspecified atom stereocenters. The van der Waals surface area contributed by atoms with E-state index in [0.29, 0.717) is 6.54 Å². The third kappa shape index (κ3) is 3.43. The maximum Gasteiger partial charge on any atom is 0.225 e. The normalized spacial score (nSPS) is 19.4. The van der Waals surface area contributed by atoms with Crippen LogP contribution in [0.2, 0.25) is 0 Å². The van der Waals surface area contributed by atoms with E-state index in [1.807, 2.05) is 13.8 Å². The molecule has 0 radical (unpaired) electrons. The van der Waals surface area contributed by atoms with Crippen LogP contribution in [-0.4, -0.2) is 29.3 Å². The van der Waals surface area contributed by atoms with Crippen LogP contribution in [0.25, 0.3) is 0 Å². The number of benzene rings is 1. The van der Waals surface area contributed by atoms with Gasteiger partial charge < -0.3 is 10.2 Å². The summed E-state index contributed by atoms with van der Waals surface area (Å²) in [6.07, 6.45) is 0.996. The van der Waals surface area contributed by atoms with Gasteiger partial charge in [0.2, 0.25) is 11.8 Å². The number of nitrogens with zero attached hydrogens (tertiary/aromatic N) is 1. The zero-order valence-corrected chi connectivity index (χ0v) is 12.7. The Balaban J connectivity index is 1.93. The Kier molecular flexibility index (Phi) is 5.11. The van der Waals surface area contributed by atoms with Crippen LogP contribution >= 0.6 is 0 Å². The number of carbonyl (C=O) groups excluding carboxylic acids is 2. The first kappa shape index (κ1) is 16.4. The number of hydrogen-bond donors (Lipinski definition) is 1. The Morgan fingerprint density at radius 1 is 1.45 bits per heavy atom. The Bertz CT molecular complexity index is 577. The Hall–Kier alpha value is -1.98. The van der Waals surface area contributed by atoms with Crippen molar-refractivity contribution in [3.05, 3.63) is 35.4 Å². The summed E-state index contributed by atoms with van der Waals surface area (Å²) in [6.45, 7) is 4.22. The van der Waals surface area contributed by atoms with Crippen molar-refractivity contribution in [1.82, 2.24) is 10.2 Å². The molecular weight excluding hydrogens is 290 g/mol. The fourth-order valence-corrected chi connectivity index (χ4v) is 2.57. The molecule has 6 heteroatoms. The average molecular weight is 310 g/mol. The predicted octanol–water partition coefficient (Wildman–Crippen LogP) is 2.23. The van der Waals surface area contributed by atoms with Gasteiger partial charge in [0.15, 0.2) is 11.6 Å². The maximum absolute atomic E-state index is 13.5. The van der Waals surface area contributed by atoms with Crippen LogP contribution in [0.3, 0.4) is 0 Å². The summed E-state index contributed by atoms with van der Waals surface area (Å²) < 4.78 is 26.6. The van der Waals surface area contributed by atoms with Crippen molar-refractivity contribution in [2.45, 2.75) is 39.3 Å². The van der Waals surface area contributed by atoms with E-state index in [2.05, 4.69) is 5.32 Å². The monoisotopic (exact) mass is 310 g/mol. The highest BCUT2D eigenvalue weighted by molar-refractivity contribution is 5.89. The molecule has 1 fully saturated rings. The predicted molar refractivity (Wildman–Crippen MR) is 77.8 cm³/mol. The minimum Gasteiger partial charge on any atom is -0.352 e. The van der Waals surface area contributed by atoms with Gasteiger partial charge in [-0.1, -0.05) is 19.1 Å². The zero-order chi connectivity index (χ0) is 16.3. The van der Waals surface area contributed by atoms with Crippen LogP contribution in [0.4, 0.5) is 8.78 Å². The smallest absolute Gasteiger partial charge is 0.225 e. The quantitative estimate of drug-likeness (QED) is 0.906. The topological polar surface area (TPSA) is 49.4 Å². The molecule has 0 spiro atoms. The summed E-state index contributed by atoms with van der Waals surface area (Å²) in [7, 11) is 0. The summed E-state index contributed by atoms with van der Waals surface area (Å²) in [5.41, 5.74) is 0.0939. The summed E-state index contributed by atoms with van der Waals surface area (Å²) in [5.74, 6) is -2.66. The average Bonchev–Trinajstić information content (AvgIpc) is 2.89. The van der Waals surface area contributed by atoms with Crippen molar-refractivity contribution in [3.8, 4) is 0 Å². The largest absolute Gasteiger partial charge is 0.352 e. The summed E-state index contributed by atoms with van der Waals surface area (Å²) in [4.78, 5) is 25.7. The van der Waals surface area contributed by atoms with E-state index in [1.165, 1.54) is 12.1 Å². The van der Waals surface area contributed by atoms with Gasteiger partial charge in [-0.15, -0.1) is 0 Å². The fraction of sp³-hybridized carbons (Fsp3) is 0.500. The minimum atomic E-state index is -0.952. The van der Waals surface area contributed by atoms with Crippen LogP contribution in [0.5, 0.6) is 0 Å². The van der Waals surface area contributed by atoms with Gasteiger partial charge in [-0.25, -0.2) is 8.78 Å². The van der Waals surface area contributed by atoms with Gasteiger partial charge in [-0.05, 0) is 19.4 Å². The Morgan fingerprint density at radius 3 is 2.86 bits per heavy atom. The minimum absolute atomic E-state index is 0.0357. The number of hydrogen-bond acceptors (Lipinski definition) is 2. The van der Waals surface area contributed by atoms with E-state index in [1.54, 1.807) is 4.90 Å². The molecule has 1 aromatic rings. The number of amides is 2. The molecule has 0 bridgehead atoms. The van der Waals surface area contributed by atoms with E-state index in [9.17, 15) is 18.4 Å². The molecule has 1 saturated heterocycles. The van der Waals surface area contributed by atoms with Crippen LogP contribution in [0.15, 0.2) is 18.2 Å². The van der Waals surface area contributed by atoms with Gasteiger partial charge in [0.1, 0.15) is 0 Å². The molecule has 0 aliphatic carbocycles. The highest BCUT2D eigenvalue weighted by Crippen LogP contribution is 2.21. The van der Waals surface area contributed by atoms with Crippen LogP contribution in [0, 0.1) is 17.6 Å². The first-order valence-corrected chi connectivity index (χ1v) is 7.44. The standard InChI is InChI=1S/C16H20F2N2O2/c1-3-10(2)20-9-12(7-14(20)21)16(22)19-8-11-5-4-6-13(17)15(11)18/h4-6,10,12H,3,7-9H2,1-2H3,(H,19,22). The van der Waals surface area contributed by atoms with Gasteiger partial charge in [0.05, 0.1) is 5.92 Å². The molecule has 4 nitrogen and oxygen atoms in total. The van der Waals surface area contributed by atoms with Crippen LogP contribution < -0.4 is 5.32 Å². The van der Waals surface area contributed by atoms with Crippen molar-refractivity contribution >= 4 is 11.8 Å². The number of carbonyl (C=O) groups is 2. The molecular formula is C16H20F2N2O2. The van der Waals surface area contributed by atoms with Crippen molar-refractivity contribution in [2.75, 3.05) is 6.54 Å². The lowest BCUT2D eigenvalue weighted by Crippen LogP contribution is -2.36. The number of likely N-dealkylation sites (tertiary alicyclic amines) is 1. The number of halogens is 2. The van der Waals surface area contributed by atoms with E-state index < -0.39 is 17.6 Å². The van der Waals surface area contributed by atoms with Gasteiger partial charge in [-0.2, -0.15) is 0 Å². The molecule has 120 valence electrons. The van der Waals surface area contributed by atoms with Crippen molar-refractivity contribution < 1.29 is 18.4 Å². The Labute approximate surface area is 128 Å². The molecule has 2 atom stereocenters. The van der Waals surface area contributed by atoms with E-state index >= 15 is 0 Å². The van der Waals surface area contributed by atoms with Gasteiger partial charge in [0.25, 0.3) is 0 Å². The van der Waals surface area contributed by atoms with Crippen LogP contribution in [-0.2, 0) is 16.1 Å². The second kappa shape index (κ2) is 6.85. The van der Waals surface area contributed by atoms with E-state index in [0.717, 1.165) is 12.5 Å². The molecule has 2 amide bonds. The molecule has 22 heavy (non-hydrogen) atoms. The second-order valence-electron chi connectivity index (χ2n) is 5.64. The summed E-state index contributed by atoms with van der Waals surface area (Å²) >= 11 is 0. The molecule has 1 aromatic carbocycles. The van der Waals surface area contributed by atoms with E-state index in [-0.39, 0.29) is 36.4 Å². The Morgan fingerprint density at radius 2 is 2.18 bits per heavy atom. The van der Waals surface area contributed by atoms with Gasteiger partial charge in [-0.3, -0.25) is 9.59 Å². The lowest BCUT2D eigenvalue weighted by Gasteiger charge is -2.23. The maximum atomic E-state index is 13.5. The number of rotatable bonds is 5. The lowest BCUT2D eigenvalue weighted by atomic mass is 10.1. The molecule has 1 aliphatic rings. The van der Waals surface area contributed by atoms with Gasteiger partial charge >= 0.3 is 0 Å². The van der Waals surface area contributed by atoms with E-state index in [4.69, 9.17) is 0 Å². The zero-order valence-electron chi connectivity index (χ0n) is 12.7. The SMILES string of the molecule is CCC(C)N1CC(C(=O)NCc2cccc(F)c2F)CC1=O. The fourth-order valence-electron chi connectivity index (χ4n) is 2.57. The van der Waals surface area contributed by atoms with Gasteiger partial charge in [0, 0.05) is 31.1 Å².